The molecule has 1 unspecified atom stereocenters. The summed E-state index contributed by atoms with van der Waals surface area (Å²) in [6, 6.07) is 5.97. The van der Waals surface area contributed by atoms with Crippen LogP contribution in [0.4, 0.5) is 0 Å². The summed E-state index contributed by atoms with van der Waals surface area (Å²) in [5, 5.41) is 12.0. The molecule has 1 fully saturated rings. The normalized spacial score (nSPS) is 17.5. The number of methoxy groups -OCH3 is 1. The van der Waals surface area contributed by atoms with Crippen LogP contribution in [0.1, 0.15) is 18.4 Å². The number of ether oxygens (including phenoxy) is 1. The molecule has 0 bridgehead atoms. The van der Waals surface area contributed by atoms with Gasteiger partial charge in [0.1, 0.15) is 11.8 Å². The van der Waals surface area contributed by atoms with E-state index in [9.17, 15) is 23.1 Å². The monoisotopic (exact) mass is 384 g/mol. The number of rotatable bonds is 7. The molecule has 2 rings (SSSR count). The van der Waals surface area contributed by atoms with Gasteiger partial charge in [-0.15, -0.1) is 0 Å². The average molecular weight is 384 g/mol. The van der Waals surface area contributed by atoms with Gasteiger partial charge in [-0.1, -0.05) is 12.1 Å². The van der Waals surface area contributed by atoms with Gasteiger partial charge < -0.3 is 15.2 Å². The second-order valence-corrected chi connectivity index (χ2v) is 8.37. The first kappa shape index (κ1) is 20.2. The van der Waals surface area contributed by atoms with Gasteiger partial charge in [-0.25, -0.2) is 17.5 Å². The standard InChI is InChI=1S/C17H24N2O6S/c1-25-14-5-3-4-12(10-14)11-15(17(21)22)18-16(20)13-6-8-19(9-7-13)26(2,23)24/h3-5,10,13,15H,6-9,11H2,1-2H3,(H,18,20)(H,21,22). The molecule has 1 aromatic carbocycles. The van der Waals surface area contributed by atoms with Gasteiger partial charge in [-0.05, 0) is 30.5 Å². The maximum atomic E-state index is 12.4. The van der Waals surface area contributed by atoms with Crippen LogP contribution in [0.25, 0.3) is 0 Å². The van der Waals surface area contributed by atoms with Crippen molar-refractivity contribution in [3.63, 3.8) is 0 Å². The first-order chi connectivity index (χ1) is 12.2. The van der Waals surface area contributed by atoms with Crippen LogP contribution in [-0.4, -0.2) is 62.2 Å². The van der Waals surface area contributed by atoms with E-state index in [1.54, 1.807) is 24.3 Å². The number of sulfonamides is 1. The zero-order chi connectivity index (χ0) is 19.3. The van der Waals surface area contributed by atoms with Gasteiger partial charge in [-0.2, -0.15) is 0 Å². The molecule has 144 valence electrons. The number of benzene rings is 1. The van der Waals surface area contributed by atoms with Gasteiger partial charge in [-0.3, -0.25) is 4.79 Å². The van der Waals surface area contributed by atoms with Crippen molar-refractivity contribution in [1.29, 1.82) is 0 Å². The summed E-state index contributed by atoms with van der Waals surface area (Å²) < 4.78 is 29.5. The van der Waals surface area contributed by atoms with E-state index in [2.05, 4.69) is 5.32 Å². The topological polar surface area (TPSA) is 113 Å². The van der Waals surface area contributed by atoms with Crippen LogP contribution in [0.3, 0.4) is 0 Å². The second-order valence-electron chi connectivity index (χ2n) is 6.39. The van der Waals surface area contributed by atoms with Crippen LogP contribution in [0.2, 0.25) is 0 Å². The lowest BCUT2D eigenvalue weighted by Gasteiger charge is -2.30. The summed E-state index contributed by atoms with van der Waals surface area (Å²) in [6.45, 7) is 0.537. The Bertz CT molecular complexity index is 756. The van der Waals surface area contributed by atoms with Gasteiger partial charge >= 0.3 is 5.97 Å². The molecule has 1 saturated heterocycles. The number of hydrogen-bond donors (Lipinski definition) is 2. The van der Waals surface area contributed by atoms with Gasteiger partial charge in [0.25, 0.3) is 0 Å². The molecule has 1 aliphatic rings. The zero-order valence-electron chi connectivity index (χ0n) is 14.8. The Kier molecular flexibility index (Phi) is 6.60. The minimum atomic E-state index is -3.26. The molecule has 1 amide bonds. The van der Waals surface area contributed by atoms with Crippen molar-refractivity contribution in [3.8, 4) is 5.75 Å². The summed E-state index contributed by atoms with van der Waals surface area (Å²) in [6.07, 6.45) is 2.04. The fourth-order valence-electron chi connectivity index (χ4n) is 2.97. The van der Waals surface area contributed by atoms with E-state index in [4.69, 9.17) is 4.74 Å². The smallest absolute Gasteiger partial charge is 0.326 e. The SMILES string of the molecule is COc1cccc(CC(NC(=O)C2CCN(S(C)(=O)=O)CC2)C(=O)O)c1. The van der Waals surface area contributed by atoms with Crippen LogP contribution in [0.5, 0.6) is 5.75 Å². The van der Waals surface area contributed by atoms with E-state index < -0.39 is 22.0 Å². The van der Waals surface area contributed by atoms with Gasteiger partial charge in [0, 0.05) is 25.4 Å². The number of aliphatic carboxylic acids is 1. The molecule has 0 aliphatic carbocycles. The number of hydrogen-bond acceptors (Lipinski definition) is 5. The van der Waals surface area contributed by atoms with Crippen molar-refractivity contribution in [2.24, 2.45) is 5.92 Å². The summed E-state index contributed by atoms with van der Waals surface area (Å²) in [4.78, 5) is 23.9. The predicted octanol–water partition coefficient (Wildman–Crippen LogP) is 0.479. The van der Waals surface area contributed by atoms with E-state index in [0.29, 0.717) is 18.6 Å². The van der Waals surface area contributed by atoms with E-state index in [1.165, 1.54) is 11.4 Å². The van der Waals surface area contributed by atoms with Crippen LogP contribution in [0.15, 0.2) is 24.3 Å². The highest BCUT2D eigenvalue weighted by atomic mass is 32.2. The quantitative estimate of drug-likeness (QED) is 0.707. The van der Waals surface area contributed by atoms with Crippen molar-refractivity contribution < 1.29 is 27.9 Å². The van der Waals surface area contributed by atoms with Crippen molar-refractivity contribution in [3.05, 3.63) is 29.8 Å². The van der Waals surface area contributed by atoms with Crippen molar-refractivity contribution in [2.45, 2.75) is 25.3 Å². The lowest BCUT2D eigenvalue weighted by atomic mass is 9.96. The number of carboxylic acid groups (broad SMARTS) is 1. The molecule has 9 heteroatoms. The number of nitrogens with zero attached hydrogens (tertiary/aromatic N) is 1. The van der Waals surface area contributed by atoms with Crippen LogP contribution < -0.4 is 10.1 Å². The Labute approximate surface area is 153 Å². The molecule has 26 heavy (non-hydrogen) atoms. The number of carbonyl (C=O) groups is 2. The van der Waals surface area contributed by atoms with E-state index in [1.807, 2.05) is 0 Å². The number of carbonyl (C=O) groups excluding carboxylic acids is 1. The minimum Gasteiger partial charge on any atom is -0.497 e. The Morgan fingerprint density at radius 3 is 2.54 bits per heavy atom. The number of nitrogens with one attached hydrogen (secondary N) is 1. The first-order valence-electron chi connectivity index (χ1n) is 8.32. The van der Waals surface area contributed by atoms with Crippen molar-refractivity contribution in [2.75, 3.05) is 26.5 Å². The number of amides is 1. The highest BCUT2D eigenvalue weighted by molar-refractivity contribution is 7.88. The Morgan fingerprint density at radius 2 is 2.00 bits per heavy atom. The molecule has 2 N–H and O–H groups in total. The fraction of sp³-hybridized carbons (Fsp3) is 0.529. The predicted molar refractivity (Wildman–Crippen MR) is 95.4 cm³/mol. The summed E-state index contributed by atoms with van der Waals surface area (Å²) in [5.74, 6) is -1.24. The van der Waals surface area contributed by atoms with Crippen LogP contribution >= 0.6 is 0 Å². The maximum Gasteiger partial charge on any atom is 0.326 e. The summed E-state index contributed by atoms with van der Waals surface area (Å²) in [7, 11) is -1.74. The average Bonchev–Trinajstić information content (AvgIpc) is 2.60. The molecular weight excluding hydrogens is 360 g/mol. The highest BCUT2D eigenvalue weighted by Gasteiger charge is 2.31. The van der Waals surface area contributed by atoms with E-state index in [0.717, 1.165) is 11.8 Å². The van der Waals surface area contributed by atoms with Gasteiger partial charge in [0.05, 0.1) is 13.4 Å². The molecular formula is C17H24N2O6S. The van der Waals surface area contributed by atoms with Crippen molar-refractivity contribution in [1.82, 2.24) is 9.62 Å². The molecule has 8 nitrogen and oxygen atoms in total. The third-order valence-electron chi connectivity index (χ3n) is 4.48. The second kappa shape index (κ2) is 8.50. The molecule has 0 saturated carbocycles. The fourth-order valence-corrected chi connectivity index (χ4v) is 3.85. The van der Waals surface area contributed by atoms with Crippen molar-refractivity contribution >= 4 is 21.9 Å². The number of piperidine rings is 1. The van der Waals surface area contributed by atoms with Gasteiger partial charge in [0.2, 0.25) is 15.9 Å². The summed E-state index contributed by atoms with van der Waals surface area (Å²) in [5.41, 5.74) is 0.740. The Morgan fingerprint density at radius 1 is 1.35 bits per heavy atom. The van der Waals surface area contributed by atoms with Crippen LogP contribution in [0, 0.1) is 5.92 Å². The molecule has 0 radical (unpaired) electrons. The molecule has 0 spiro atoms. The first-order valence-corrected chi connectivity index (χ1v) is 10.2. The van der Waals surface area contributed by atoms with E-state index in [-0.39, 0.29) is 31.3 Å². The molecule has 1 heterocycles. The molecule has 1 aromatic rings. The zero-order valence-corrected chi connectivity index (χ0v) is 15.7. The lowest BCUT2D eigenvalue weighted by molar-refractivity contribution is -0.142. The molecule has 1 aliphatic heterocycles. The molecule has 0 aromatic heterocycles. The Balaban J connectivity index is 1.97. The Hall–Kier alpha value is -2.13. The van der Waals surface area contributed by atoms with Crippen LogP contribution in [-0.2, 0) is 26.0 Å². The maximum absolute atomic E-state index is 12.4. The largest absolute Gasteiger partial charge is 0.497 e. The summed E-state index contributed by atoms with van der Waals surface area (Å²) >= 11 is 0. The van der Waals surface area contributed by atoms with Gasteiger partial charge in [0.15, 0.2) is 0 Å². The molecule has 1 atom stereocenters. The third-order valence-corrected chi connectivity index (χ3v) is 5.79. The lowest BCUT2D eigenvalue weighted by Crippen LogP contribution is -2.48. The third kappa shape index (κ3) is 5.43. The van der Waals surface area contributed by atoms with E-state index >= 15 is 0 Å². The number of carboxylic acids is 1. The highest BCUT2D eigenvalue weighted by Crippen LogP contribution is 2.20. The minimum absolute atomic E-state index is 0.139.